The number of hydrogen-bond acceptors (Lipinski definition) is 5. The van der Waals surface area contributed by atoms with Gasteiger partial charge in [-0.3, -0.25) is 0 Å². The fourth-order valence-electron chi connectivity index (χ4n) is 4.88. The number of ether oxygens (including phenoxy) is 3. The van der Waals surface area contributed by atoms with E-state index in [1.54, 1.807) is 6.07 Å². The maximum absolute atomic E-state index is 12.3. The molecule has 5 aromatic rings. The predicted octanol–water partition coefficient (Wildman–Crippen LogP) is 8.99. The summed E-state index contributed by atoms with van der Waals surface area (Å²) in [5, 5.41) is 0. The molecule has 0 saturated heterocycles. The first-order chi connectivity index (χ1) is 20.3. The molecule has 1 heterocycles. The lowest BCUT2D eigenvalue weighted by Crippen LogP contribution is -2.26. The number of imidazole rings is 1. The van der Waals surface area contributed by atoms with Crippen LogP contribution >= 0.6 is 0 Å². The first-order valence-electron chi connectivity index (χ1n) is 14.5. The number of aromatic nitrogens is 2. The number of fused-ring (bicyclic) bond motifs is 1. The second kappa shape index (κ2) is 12.9. The van der Waals surface area contributed by atoms with Gasteiger partial charge in [0.2, 0.25) is 0 Å². The third-order valence-corrected chi connectivity index (χ3v) is 6.88. The van der Waals surface area contributed by atoms with Gasteiger partial charge in [0, 0.05) is 18.5 Å². The Bertz CT molecular complexity index is 1630. The van der Waals surface area contributed by atoms with Crippen molar-refractivity contribution < 1.29 is 19.0 Å². The SMILES string of the molecule is CCCCc1nc2cccc(OCc3ccccc3)c2n1Cc1ccc(-c2ccccc2OC(=O)OC(C)(C)C)cc1. The minimum absolute atomic E-state index is 0.460. The van der Waals surface area contributed by atoms with Crippen LogP contribution in [-0.4, -0.2) is 21.3 Å². The molecule has 1 aromatic heterocycles. The number of unbranched alkanes of at least 4 members (excludes halogenated alkanes) is 1. The molecule has 0 bridgehead atoms. The molecule has 5 rings (SSSR count). The first-order valence-corrected chi connectivity index (χ1v) is 14.5. The van der Waals surface area contributed by atoms with Gasteiger partial charge in [-0.15, -0.1) is 0 Å². The molecule has 0 atom stereocenters. The van der Waals surface area contributed by atoms with Crippen LogP contribution in [0.4, 0.5) is 4.79 Å². The number of benzene rings is 4. The fraction of sp³-hybridized carbons (Fsp3) is 0.278. The van der Waals surface area contributed by atoms with Crippen LogP contribution in [0.25, 0.3) is 22.2 Å². The number of carbonyl (C=O) groups excluding carboxylic acids is 1. The monoisotopic (exact) mass is 562 g/mol. The number of carbonyl (C=O) groups is 1. The van der Waals surface area contributed by atoms with Crippen LogP contribution in [-0.2, 0) is 24.3 Å². The molecule has 0 fully saturated rings. The molecule has 0 aliphatic heterocycles. The molecule has 0 spiro atoms. The minimum Gasteiger partial charge on any atom is -0.487 e. The summed E-state index contributed by atoms with van der Waals surface area (Å²) in [5.41, 5.74) is 5.36. The molecule has 0 N–H and O–H groups in total. The summed E-state index contributed by atoms with van der Waals surface area (Å²) in [6.07, 6.45) is 2.34. The van der Waals surface area contributed by atoms with E-state index in [0.29, 0.717) is 18.9 Å². The largest absolute Gasteiger partial charge is 0.514 e. The fourth-order valence-corrected chi connectivity index (χ4v) is 4.88. The highest BCUT2D eigenvalue weighted by molar-refractivity contribution is 5.83. The van der Waals surface area contributed by atoms with Gasteiger partial charge in [-0.1, -0.05) is 92.2 Å². The zero-order valence-electron chi connectivity index (χ0n) is 24.8. The van der Waals surface area contributed by atoms with Crippen molar-refractivity contribution in [3.8, 4) is 22.6 Å². The van der Waals surface area contributed by atoms with Crippen LogP contribution in [0.3, 0.4) is 0 Å². The molecule has 4 aromatic carbocycles. The van der Waals surface area contributed by atoms with Crippen LogP contribution in [0.15, 0.2) is 97.1 Å². The minimum atomic E-state index is -0.719. The van der Waals surface area contributed by atoms with Gasteiger partial charge in [0.25, 0.3) is 0 Å². The average Bonchev–Trinajstić information content (AvgIpc) is 3.32. The lowest BCUT2D eigenvalue weighted by atomic mass is 10.0. The van der Waals surface area contributed by atoms with Crippen molar-refractivity contribution in [2.45, 2.75) is 65.7 Å². The molecule has 0 radical (unpaired) electrons. The summed E-state index contributed by atoms with van der Waals surface area (Å²) >= 11 is 0. The van der Waals surface area contributed by atoms with Gasteiger partial charge in [0.05, 0.1) is 5.52 Å². The Labute approximate surface area is 247 Å². The Morgan fingerprint density at radius 1 is 0.810 bits per heavy atom. The molecule has 0 aliphatic rings. The molecule has 0 aliphatic carbocycles. The normalized spacial score (nSPS) is 11.4. The summed E-state index contributed by atoms with van der Waals surface area (Å²) in [6.45, 7) is 8.80. The topological polar surface area (TPSA) is 62.6 Å². The smallest absolute Gasteiger partial charge is 0.487 e. The molecule has 0 amide bonds. The summed E-state index contributed by atoms with van der Waals surface area (Å²) < 4.78 is 19.6. The molecule has 216 valence electrons. The van der Waals surface area contributed by atoms with Gasteiger partial charge in [0.15, 0.2) is 0 Å². The van der Waals surface area contributed by atoms with Gasteiger partial charge >= 0.3 is 6.16 Å². The Morgan fingerprint density at radius 3 is 2.26 bits per heavy atom. The summed E-state index contributed by atoms with van der Waals surface area (Å²) in [5.74, 6) is 2.35. The van der Waals surface area contributed by atoms with E-state index in [1.165, 1.54) is 0 Å². The van der Waals surface area contributed by atoms with Crippen LogP contribution in [0.1, 0.15) is 57.5 Å². The van der Waals surface area contributed by atoms with E-state index < -0.39 is 11.8 Å². The van der Waals surface area contributed by atoms with E-state index in [2.05, 4.69) is 54.0 Å². The Morgan fingerprint density at radius 2 is 1.52 bits per heavy atom. The molecule has 6 heteroatoms. The van der Waals surface area contributed by atoms with Crippen molar-refractivity contribution in [1.82, 2.24) is 9.55 Å². The standard InChI is InChI=1S/C36H38N2O4/c1-5-6-19-33-37-30-16-12-18-32(40-25-27-13-8-7-9-14-27)34(30)38(33)24-26-20-22-28(23-21-26)29-15-10-11-17-31(29)41-35(39)42-36(2,3)4/h7-18,20-23H,5-6,19,24-25H2,1-4H3. The highest BCUT2D eigenvalue weighted by Gasteiger charge is 2.20. The summed E-state index contributed by atoms with van der Waals surface area (Å²) in [4.78, 5) is 17.4. The van der Waals surface area contributed by atoms with Crippen molar-refractivity contribution in [3.63, 3.8) is 0 Å². The maximum Gasteiger partial charge on any atom is 0.514 e. The maximum atomic E-state index is 12.3. The second-order valence-electron chi connectivity index (χ2n) is 11.4. The second-order valence-corrected chi connectivity index (χ2v) is 11.4. The Hall–Kier alpha value is -4.58. The van der Waals surface area contributed by atoms with E-state index in [0.717, 1.165) is 64.1 Å². The molecular weight excluding hydrogens is 524 g/mol. The molecule has 6 nitrogen and oxygen atoms in total. The van der Waals surface area contributed by atoms with Gasteiger partial charge in [-0.25, -0.2) is 9.78 Å². The van der Waals surface area contributed by atoms with E-state index in [9.17, 15) is 4.79 Å². The van der Waals surface area contributed by atoms with E-state index in [-0.39, 0.29) is 0 Å². The Kier molecular flexibility index (Phi) is 8.91. The predicted molar refractivity (Wildman–Crippen MR) is 167 cm³/mol. The number of hydrogen-bond donors (Lipinski definition) is 0. The van der Waals surface area contributed by atoms with Crippen LogP contribution in [0.5, 0.6) is 11.5 Å². The average molecular weight is 563 g/mol. The molecular formula is C36H38N2O4. The quantitative estimate of drug-likeness (QED) is 0.126. The van der Waals surface area contributed by atoms with Gasteiger partial charge in [0.1, 0.15) is 35.0 Å². The van der Waals surface area contributed by atoms with E-state index in [4.69, 9.17) is 19.2 Å². The zero-order valence-corrected chi connectivity index (χ0v) is 24.8. The van der Waals surface area contributed by atoms with Crippen LogP contribution in [0, 0.1) is 0 Å². The van der Waals surface area contributed by atoms with Crippen molar-refractivity contribution in [2.24, 2.45) is 0 Å². The van der Waals surface area contributed by atoms with Crippen molar-refractivity contribution >= 4 is 17.2 Å². The summed E-state index contributed by atoms with van der Waals surface area (Å²) in [6, 6.07) is 32.1. The van der Waals surface area contributed by atoms with Gasteiger partial charge < -0.3 is 18.8 Å². The van der Waals surface area contributed by atoms with Crippen molar-refractivity contribution in [3.05, 3.63) is 114 Å². The third kappa shape index (κ3) is 7.19. The van der Waals surface area contributed by atoms with Gasteiger partial charge in [-0.2, -0.15) is 0 Å². The lowest BCUT2D eigenvalue weighted by molar-refractivity contribution is 0.0207. The number of para-hydroxylation sites is 2. The molecule has 0 unspecified atom stereocenters. The van der Waals surface area contributed by atoms with E-state index >= 15 is 0 Å². The number of rotatable bonds is 10. The van der Waals surface area contributed by atoms with E-state index in [1.807, 2.05) is 69.3 Å². The third-order valence-electron chi connectivity index (χ3n) is 6.88. The van der Waals surface area contributed by atoms with Crippen LogP contribution in [0.2, 0.25) is 0 Å². The van der Waals surface area contributed by atoms with Crippen LogP contribution < -0.4 is 9.47 Å². The van der Waals surface area contributed by atoms with Crippen molar-refractivity contribution in [1.29, 1.82) is 0 Å². The molecule has 0 saturated carbocycles. The zero-order chi connectivity index (χ0) is 29.5. The lowest BCUT2D eigenvalue weighted by Gasteiger charge is -2.19. The highest BCUT2D eigenvalue weighted by atomic mass is 16.7. The highest BCUT2D eigenvalue weighted by Crippen LogP contribution is 2.32. The molecule has 42 heavy (non-hydrogen) atoms. The first kappa shape index (κ1) is 28.9. The Balaban J connectivity index is 1.42. The van der Waals surface area contributed by atoms with Gasteiger partial charge in [-0.05, 0) is 62.1 Å². The number of nitrogens with zero attached hydrogens (tertiary/aromatic N) is 2. The number of aryl methyl sites for hydroxylation is 1. The summed E-state index contributed by atoms with van der Waals surface area (Å²) in [7, 11) is 0. The van der Waals surface area contributed by atoms with Crippen molar-refractivity contribution in [2.75, 3.05) is 0 Å².